The summed E-state index contributed by atoms with van der Waals surface area (Å²) in [5, 5.41) is 0. The fourth-order valence-corrected chi connectivity index (χ4v) is 0.144. The Morgan fingerprint density at radius 1 is 1.62 bits per heavy atom. The van der Waals surface area contributed by atoms with E-state index in [1.807, 2.05) is 13.8 Å². The van der Waals surface area contributed by atoms with Gasteiger partial charge in [-0.05, 0) is 6.92 Å². The number of rotatable bonds is 1. The highest BCUT2D eigenvalue weighted by Gasteiger charge is 1.64. The van der Waals surface area contributed by atoms with Gasteiger partial charge in [-0.1, -0.05) is 20.4 Å². The number of hydrogen-bond donors (Lipinski definition) is 1. The molecule has 0 fully saturated rings. The summed E-state index contributed by atoms with van der Waals surface area (Å²) in [5.41, 5.74) is 5.08. The highest BCUT2D eigenvalue weighted by Crippen LogP contribution is 1.64. The van der Waals surface area contributed by atoms with Gasteiger partial charge >= 0.3 is 0 Å². The number of nitrogens with two attached hydrogens (primary N) is 1. The molecule has 8 heavy (non-hydrogen) atoms. The van der Waals surface area contributed by atoms with Crippen LogP contribution in [-0.4, -0.2) is 5.84 Å². The van der Waals surface area contributed by atoms with Gasteiger partial charge in [0.15, 0.2) is 0 Å². The van der Waals surface area contributed by atoms with Crippen LogP contribution in [0, 0.1) is 0 Å². The SMILES string of the molecule is C=CN=C(C)N.CC. The van der Waals surface area contributed by atoms with Crippen LogP contribution < -0.4 is 5.73 Å². The summed E-state index contributed by atoms with van der Waals surface area (Å²) >= 11 is 0. The molecule has 0 amide bonds. The zero-order chi connectivity index (χ0) is 6.99. The van der Waals surface area contributed by atoms with Crippen LogP contribution in [-0.2, 0) is 0 Å². The molecular formula is C6H14N2. The van der Waals surface area contributed by atoms with Crippen LogP contribution in [0.5, 0.6) is 0 Å². The molecule has 0 aromatic carbocycles. The van der Waals surface area contributed by atoms with E-state index in [1.165, 1.54) is 6.20 Å². The van der Waals surface area contributed by atoms with Crippen molar-refractivity contribution in [2.75, 3.05) is 0 Å². The largest absolute Gasteiger partial charge is 0.387 e. The monoisotopic (exact) mass is 114 g/mol. The van der Waals surface area contributed by atoms with Crippen molar-refractivity contribution in [3.8, 4) is 0 Å². The molecule has 0 heterocycles. The molecule has 0 rings (SSSR count). The molecule has 0 aliphatic carbocycles. The summed E-state index contributed by atoms with van der Waals surface area (Å²) in [5.74, 6) is 0.546. The smallest absolute Gasteiger partial charge is 0.0957 e. The predicted molar refractivity (Wildman–Crippen MR) is 38.8 cm³/mol. The minimum absolute atomic E-state index is 0.546. The van der Waals surface area contributed by atoms with Crippen molar-refractivity contribution in [1.82, 2.24) is 0 Å². The van der Waals surface area contributed by atoms with Crippen LogP contribution in [0.4, 0.5) is 0 Å². The van der Waals surface area contributed by atoms with Gasteiger partial charge in [0, 0.05) is 6.20 Å². The van der Waals surface area contributed by atoms with Crippen molar-refractivity contribution in [2.24, 2.45) is 10.7 Å². The fraction of sp³-hybridized carbons (Fsp3) is 0.500. The lowest BCUT2D eigenvalue weighted by atomic mass is 10.7. The number of aliphatic imine (C=N–C) groups is 1. The second-order valence-corrected chi connectivity index (χ2v) is 0.953. The van der Waals surface area contributed by atoms with Gasteiger partial charge in [-0.25, -0.2) is 4.99 Å². The van der Waals surface area contributed by atoms with E-state index in [9.17, 15) is 0 Å². The summed E-state index contributed by atoms with van der Waals surface area (Å²) in [4.78, 5) is 3.58. The van der Waals surface area contributed by atoms with Gasteiger partial charge in [0.05, 0.1) is 5.84 Å². The molecule has 2 nitrogen and oxygen atoms in total. The van der Waals surface area contributed by atoms with E-state index in [4.69, 9.17) is 5.73 Å². The quantitative estimate of drug-likeness (QED) is 0.407. The van der Waals surface area contributed by atoms with Gasteiger partial charge in [-0.2, -0.15) is 0 Å². The molecule has 48 valence electrons. The molecule has 0 bridgehead atoms. The first kappa shape index (κ1) is 10.2. The van der Waals surface area contributed by atoms with Gasteiger partial charge < -0.3 is 5.73 Å². The minimum atomic E-state index is 0.546. The van der Waals surface area contributed by atoms with E-state index in [-0.39, 0.29) is 0 Å². The summed E-state index contributed by atoms with van der Waals surface area (Å²) in [6.45, 7) is 9.04. The third kappa shape index (κ3) is 18.9. The van der Waals surface area contributed by atoms with E-state index >= 15 is 0 Å². The molecule has 2 heteroatoms. The van der Waals surface area contributed by atoms with E-state index in [0.717, 1.165) is 0 Å². The molecule has 2 N–H and O–H groups in total. The molecule has 0 aliphatic heterocycles. The zero-order valence-corrected chi connectivity index (χ0v) is 5.81. The van der Waals surface area contributed by atoms with Crippen LogP contribution in [0.3, 0.4) is 0 Å². The molecule has 0 saturated carbocycles. The Labute approximate surface area is 51.1 Å². The zero-order valence-electron chi connectivity index (χ0n) is 5.81. The maximum atomic E-state index is 5.08. The normalized spacial score (nSPS) is 9.12. The van der Waals surface area contributed by atoms with Crippen LogP contribution in [0.2, 0.25) is 0 Å². The van der Waals surface area contributed by atoms with E-state index in [1.54, 1.807) is 6.92 Å². The topological polar surface area (TPSA) is 38.4 Å². The Hall–Kier alpha value is -0.790. The van der Waals surface area contributed by atoms with Crippen molar-refractivity contribution in [3.05, 3.63) is 12.8 Å². The fourth-order valence-electron chi connectivity index (χ4n) is 0.144. The Bertz CT molecular complexity index is 70.6. The molecule has 0 radical (unpaired) electrons. The second kappa shape index (κ2) is 9.51. The predicted octanol–water partition coefficient (Wildman–Crippen LogP) is 1.53. The van der Waals surface area contributed by atoms with Crippen molar-refractivity contribution >= 4 is 5.84 Å². The summed E-state index contributed by atoms with van der Waals surface area (Å²) in [6.07, 6.45) is 1.41. The molecule has 0 aromatic heterocycles. The maximum absolute atomic E-state index is 5.08. The summed E-state index contributed by atoms with van der Waals surface area (Å²) in [7, 11) is 0. The minimum Gasteiger partial charge on any atom is -0.387 e. The Kier molecular flexibility index (Phi) is 12.2. The van der Waals surface area contributed by atoms with Crippen LogP contribution >= 0.6 is 0 Å². The van der Waals surface area contributed by atoms with Gasteiger partial charge in [0.25, 0.3) is 0 Å². The van der Waals surface area contributed by atoms with Gasteiger partial charge in [-0.3, -0.25) is 0 Å². The molecule has 0 spiro atoms. The van der Waals surface area contributed by atoms with Crippen molar-refractivity contribution in [3.63, 3.8) is 0 Å². The molecule has 0 saturated heterocycles. The van der Waals surface area contributed by atoms with Crippen LogP contribution in [0.15, 0.2) is 17.8 Å². The number of amidine groups is 1. The highest BCUT2D eigenvalue weighted by molar-refractivity contribution is 5.77. The van der Waals surface area contributed by atoms with E-state index in [2.05, 4.69) is 11.6 Å². The lowest BCUT2D eigenvalue weighted by molar-refractivity contribution is 1.48. The molecule has 0 atom stereocenters. The van der Waals surface area contributed by atoms with E-state index in [0.29, 0.717) is 5.84 Å². The van der Waals surface area contributed by atoms with Crippen LogP contribution in [0.1, 0.15) is 20.8 Å². The molecule has 0 aliphatic rings. The van der Waals surface area contributed by atoms with Crippen molar-refractivity contribution in [1.29, 1.82) is 0 Å². The maximum Gasteiger partial charge on any atom is 0.0957 e. The van der Waals surface area contributed by atoms with Crippen molar-refractivity contribution < 1.29 is 0 Å². The van der Waals surface area contributed by atoms with Crippen molar-refractivity contribution in [2.45, 2.75) is 20.8 Å². The van der Waals surface area contributed by atoms with Gasteiger partial charge in [0.2, 0.25) is 0 Å². The third-order valence-electron chi connectivity index (χ3n) is 0.295. The summed E-state index contributed by atoms with van der Waals surface area (Å²) < 4.78 is 0. The average Bonchev–Trinajstić information content (AvgIpc) is 1.72. The van der Waals surface area contributed by atoms with Crippen LogP contribution in [0.25, 0.3) is 0 Å². The number of hydrogen-bond acceptors (Lipinski definition) is 1. The Morgan fingerprint density at radius 3 is 2.00 bits per heavy atom. The summed E-state index contributed by atoms with van der Waals surface area (Å²) in [6, 6.07) is 0. The molecule has 0 unspecified atom stereocenters. The Balaban J connectivity index is 0. The average molecular weight is 114 g/mol. The van der Waals surface area contributed by atoms with Gasteiger partial charge in [-0.15, -0.1) is 0 Å². The first-order valence-corrected chi connectivity index (χ1v) is 2.68. The molecule has 0 aromatic rings. The first-order chi connectivity index (χ1) is 3.77. The number of nitrogens with zero attached hydrogens (tertiary/aromatic N) is 1. The molecular weight excluding hydrogens is 100 g/mol. The standard InChI is InChI=1S/C4H8N2.C2H6/c1-3-6-4(2)5;1-2/h3H,1H2,2H3,(H2,5,6);1-2H3. The highest BCUT2D eigenvalue weighted by atomic mass is 14.8. The first-order valence-electron chi connectivity index (χ1n) is 2.68. The van der Waals surface area contributed by atoms with Gasteiger partial charge in [0.1, 0.15) is 0 Å². The second-order valence-electron chi connectivity index (χ2n) is 0.953. The Morgan fingerprint density at radius 2 is 2.00 bits per heavy atom. The lowest BCUT2D eigenvalue weighted by Gasteiger charge is -1.77. The lowest BCUT2D eigenvalue weighted by Crippen LogP contribution is -2.03. The third-order valence-corrected chi connectivity index (χ3v) is 0.295. The van der Waals surface area contributed by atoms with E-state index < -0.39 is 0 Å².